The first-order chi connectivity index (χ1) is 13.9. The van der Waals surface area contributed by atoms with E-state index in [1.807, 2.05) is 13.0 Å². The van der Waals surface area contributed by atoms with E-state index in [1.54, 1.807) is 48.7 Å². The highest BCUT2D eigenvalue weighted by Crippen LogP contribution is 2.35. The summed E-state index contributed by atoms with van der Waals surface area (Å²) in [5, 5.41) is 4.82. The lowest BCUT2D eigenvalue weighted by atomic mass is 10.1. The summed E-state index contributed by atoms with van der Waals surface area (Å²) in [5.74, 6) is 0.378. The van der Waals surface area contributed by atoms with Gasteiger partial charge in [0.25, 0.3) is 15.9 Å². The summed E-state index contributed by atoms with van der Waals surface area (Å²) >= 11 is 1.19. The van der Waals surface area contributed by atoms with Crippen LogP contribution in [0.5, 0.6) is 5.75 Å². The summed E-state index contributed by atoms with van der Waals surface area (Å²) in [4.78, 5) is 16.4. The van der Waals surface area contributed by atoms with Gasteiger partial charge in [-0.05, 0) is 49.2 Å². The Hall–Kier alpha value is -2.91. The first kappa shape index (κ1) is 19.4. The molecule has 1 atom stereocenters. The summed E-state index contributed by atoms with van der Waals surface area (Å²) in [6, 6.07) is 12.1. The van der Waals surface area contributed by atoms with Crippen LogP contribution in [0.25, 0.3) is 11.3 Å². The van der Waals surface area contributed by atoms with Crippen LogP contribution in [-0.2, 0) is 21.2 Å². The monoisotopic (exact) mass is 429 g/mol. The number of aromatic nitrogens is 1. The molecule has 1 aliphatic rings. The van der Waals surface area contributed by atoms with Gasteiger partial charge in [-0.2, -0.15) is 0 Å². The molecule has 0 saturated carbocycles. The molecule has 2 heterocycles. The average Bonchev–Trinajstić information content (AvgIpc) is 3.16. The smallest absolute Gasteiger partial charge is 0.265 e. The van der Waals surface area contributed by atoms with Crippen LogP contribution in [0.4, 0.5) is 10.8 Å². The number of anilines is 2. The maximum Gasteiger partial charge on any atom is 0.265 e. The van der Waals surface area contributed by atoms with Gasteiger partial charge in [-0.25, -0.2) is 13.4 Å². The first-order valence-corrected chi connectivity index (χ1v) is 11.4. The number of carbonyl (C=O) groups excluding carboxylic acids is 1. The molecule has 1 aromatic heterocycles. The van der Waals surface area contributed by atoms with Crippen LogP contribution in [0, 0.1) is 0 Å². The van der Waals surface area contributed by atoms with E-state index in [1.165, 1.54) is 11.3 Å². The highest BCUT2D eigenvalue weighted by molar-refractivity contribution is 7.93. The van der Waals surface area contributed by atoms with Crippen LogP contribution in [0.2, 0.25) is 0 Å². The number of hydrogen-bond acceptors (Lipinski definition) is 6. The molecular weight excluding hydrogens is 410 g/mol. The zero-order valence-corrected chi connectivity index (χ0v) is 17.4. The molecule has 1 aliphatic heterocycles. The lowest BCUT2D eigenvalue weighted by Gasteiger charge is -2.23. The van der Waals surface area contributed by atoms with E-state index in [2.05, 4.69) is 15.0 Å². The normalized spacial score (nSPS) is 15.9. The molecule has 1 unspecified atom stereocenters. The van der Waals surface area contributed by atoms with Crippen molar-refractivity contribution in [3.8, 4) is 17.0 Å². The van der Waals surface area contributed by atoms with Crippen molar-refractivity contribution in [2.75, 3.05) is 10.0 Å². The van der Waals surface area contributed by atoms with Crippen LogP contribution in [0.1, 0.15) is 19.4 Å². The summed E-state index contributed by atoms with van der Waals surface area (Å²) in [5.41, 5.74) is 2.98. The summed E-state index contributed by atoms with van der Waals surface area (Å²) < 4.78 is 33.3. The maximum absolute atomic E-state index is 12.6. The Bertz CT molecular complexity index is 1170. The van der Waals surface area contributed by atoms with Gasteiger partial charge in [-0.1, -0.05) is 19.1 Å². The van der Waals surface area contributed by atoms with Gasteiger partial charge in [0.05, 0.1) is 16.3 Å². The SMILES string of the molecule is CCc1ccc(S(=O)(=O)Nc2nc(-c3ccc4c(c3)NC(=O)C(C)O4)cs2)cc1. The van der Waals surface area contributed by atoms with Crippen molar-refractivity contribution >= 4 is 38.1 Å². The molecule has 2 aromatic carbocycles. The van der Waals surface area contributed by atoms with Crippen LogP contribution < -0.4 is 14.8 Å². The zero-order chi connectivity index (χ0) is 20.6. The molecule has 4 rings (SSSR count). The molecule has 0 saturated heterocycles. The Morgan fingerprint density at radius 2 is 1.97 bits per heavy atom. The van der Waals surface area contributed by atoms with Crippen LogP contribution in [0.3, 0.4) is 0 Å². The predicted molar refractivity (Wildman–Crippen MR) is 113 cm³/mol. The number of fused-ring (bicyclic) bond motifs is 1. The summed E-state index contributed by atoms with van der Waals surface area (Å²) in [6.45, 7) is 3.69. The van der Waals surface area contributed by atoms with Crippen molar-refractivity contribution in [3.05, 3.63) is 53.4 Å². The predicted octanol–water partition coefficient (Wildman–Crippen LogP) is 3.89. The molecule has 29 heavy (non-hydrogen) atoms. The van der Waals surface area contributed by atoms with E-state index in [0.717, 1.165) is 17.5 Å². The Morgan fingerprint density at radius 3 is 2.69 bits per heavy atom. The molecule has 0 spiro atoms. The number of benzene rings is 2. The van der Waals surface area contributed by atoms with Crippen LogP contribution in [0.15, 0.2) is 52.7 Å². The van der Waals surface area contributed by atoms with Gasteiger partial charge in [0.1, 0.15) is 5.75 Å². The Morgan fingerprint density at radius 1 is 1.21 bits per heavy atom. The third-order valence-corrected chi connectivity index (χ3v) is 6.82. The van der Waals surface area contributed by atoms with Crippen molar-refractivity contribution in [1.29, 1.82) is 0 Å². The second-order valence-corrected chi connectivity index (χ2v) is 9.14. The standard InChI is InChI=1S/C20H19N3O4S2/c1-3-13-4-7-15(8-5-13)29(25,26)23-20-22-17(11-28-20)14-6-9-18-16(10-14)21-19(24)12(2)27-18/h4-12H,3H2,1-2H3,(H,21,24)(H,22,23). The Balaban J connectivity index is 1.55. The number of aryl methyl sites for hydroxylation is 1. The van der Waals surface area contributed by atoms with Crippen molar-refractivity contribution in [3.63, 3.8) is 0 Å². The molecule has 1 amide bonds. The molecule has 7 nitrogen and oxygen atoms in total. The van der Waals surface area contributed by atoms with Gasteiger partial charge >= 0.3 is 0 Å². The summed E-state index contributed by atoms with van der Waals surface area (Å²) in [7, 11) is -3.71. The molecule has 9 heteroatoms. The van der Waals surface area contributed by atoms with E-state index < -0.39 is 16.1 Å². The van der Waals surface area contributed by atoms with Crippen molar-refractivity contribution in [2.45, 2.75) is 31.3 Å². The first-order valence-electron chi connectivity index (χ1n) is 9.05. The lowest BCUT2D eigenvalue weighted by molar-refractivity contribution is -0.122. The van der Waals surface area contributed by atoms with Crippen molar-refractivity contribution in [1.82, 2.24) is 4.98 Å². The summed E-state index contributed by atoms with van der Waals surface area (Å²) in [6.07, 6.45) is 0.300. The van der Waals surface area contributed by atoms with Gasteiger partial charge < -0.3 is 10.1 Å². The minimum Gasteiger partial charge on any atom is -0.479 e. The topological polar surface area (TPSA) is 97.4 Å². The van der Waals surface area contributed by atoms with Crippen molar-refractivity contribution < 1.29 is 17.9 Å². The van der Waals surface area contributed by atoms with E-state index in [4.69, 9.17) is 4.74 Å². The molecule has 0 radical (unpaired) electrons. The van der Waals surface area contributed by atoms with Crippen LogP contribution in [-0.4, -0.2) is 25.4 Å². The number of rotatable bonds is 5. The molecule has 3 aromatic rings. The second kappa shape index (κ2) is 7.49. The number of hydrogen-bond donors (Lipinski definition) is 2. The van der Waals surface area contributed by atoms with Gasteiger partial charge in [0.15, 0.2) is 11.2 Å². The second-order valence-electron chi connectivity index (χ2n) is 6.60. The minimum atomic E-state index is -3.71. The number of amides is 1. The van der Waals surface area contributed by atoms with E-state index in [-0.39, 0.29) is 15.9 Å². The van der Waals surface area contributed by atoms with Gasteiger partial charge in [0.2, 0.25) is 0 Å². The largest absolute Gasteiger partial charge is 0.479 e. The third-order valence-electron chi connectivity index (χ3n) is 4.57. The Labute approximate surface area is 172 Å². The van der Waals surface area contributed by atoms with Gasteiger partial charge in [0, 0.05) is 10.9 Å². The number of carbonyl (C=O) groups is 1. The highest BCUT2D eigenvalue weighted by atomic mass is 32.2. The number of nitrogens with zero attached hydrogens (tertiary/aromatic N) is 1. The van der Waals surface area contributed by atoms with Gasteiger partial charge in [-0.15, -0.1) is 11.3 Å². The number of ether oxygens (including phenoxy) is 1. The number of nitrogens with one attached hydrogen (secondary N) is 2. The fourth-order valence-electron chi connectivity index (χ4n) is 2.90. The van der Waals surface area contributed by atoms with Crippen LogP contribution >= 0.6 is 11.3 Å². The maximum atomic E-state index is 12.6. The third kappa shape index (κ3) is 3.96. The molecule has 0 aliphatic carbocycles. The Kier molecular flexibility index (Phi) is 5.01. The van der Waals surface area contributed by atoms with E-state index in [9.17, 15) is 13.2 Å². The molecule has 0 bridgehead atoms. The molecule has 2 N–H and O–H groups in total. The van der Waals surface area contributed by atoms with E-state index in [0.29, 0.717) is 17.1 Å². The molecular formula is C20H19N3O4S2. The van der Waals surface area contributed by atoms with Gasteiger partial charge in [-0.3, -0.25) is 9.52 Å². The molecule has 150 valence electrons. The number of sulfonamides is 1. The zero-order valence-electron chi connectivity index (χ0n) is 15.8. The van der Waals surface area contributed by atoms with Crippen molar-refractivity contribution in [2.24, 2.45) is 0 Å². The number of thiazole rings is 1. The average molecular weight is 430 g/mol. The quantitative estimate of drug-likeness (QED) is 0.641. The fraction of sp³-hybridized carbons (Fsp3) is 0.200. The molecule has 0 fully saturated rings. The minimum absolute atomic E-state index is 0.189. The van der Waals surface area contributed by atoms with E-state index >= 15 is 0 Å². The fourth-order valence-corrected chi connectivity index (χ4v) is 4.87. The highest BCUT2D eigenvalue weighted by Gasteiger charge is 2.24. The lowest BCUT2D eigenvalue weighted by Crippen LogP contribution is -2.34.